The molecule has 2 rings (SSSR count). The molecule has 0 aliphatic carbocycles. The van der Waals surface area contributed by atoms with Crippen molar-refractivity contribution in [2.45, 2.75) is 6.42 Å². The van der Waals surface area contributed by atoms with E-state index >= 15 is 0 Å². The number of carbonyl (C=O) groups excluding carboxylic acids is 1. The third-order valence-electron chi connectivity index (χ3n) is 3.71. The van der Waals surface area contributed by atoms with Gasteiger partial charge in [-0.05, 0) is 49.5 Å². The SMILES string of the molecule is COc1ccc(Cl)cc1NC(=O)CCN(C)CCOc1ccc(Cl)cc1. The highest BCUT2D eigenvalue weighted by Gasteiger charge is 2.09. The molecule has 0 heterocycles. The fourth-order valence-corrected chi connectivity index (χ4v) is 2.54. The van der Waals surface area contributed by atoms with Crippen molar-refractivity contribution in [3.63, 3.8) is 0 Å². The molecule has 7 heteroatoms. The number of methoxy groups -OCH3 is 1. The summed E-state index contributed by atoms with van der Waals surface area (Å²) in [6, 6.07) is 12.3. The average molecular weight is 397 g/mol. The highest BCUT2D eigenvalue weighted by Crippen LogP contribution is 2.27. The molecule has 1 amide bonds. The van der Waals surface area contributed by atoms with Crippen LogP contribution in [0, 0.1) is 0 Å². The van der Waals surface area contributed by atoms with E-state index in [0.29, 0.717) is 47.6 Å². The van der Waals surface area contributed by atoms with Gasteiger partial charge in [0.1, 0.15) is 18.1 Å². The van der Waals surface area contributed by atoms with Crippen molar-refractivity contribution >= 4 is 34.8 Å². The smallest absolute Gasteiger partial charge is 0.225 e. The number of hydrogen-bond donors (Lipinski definition) is 1. The van der Waals surface area contributed by atoms with Crippen LogP contribution in [0.1, 0.15) is 6.42 Å². The summed E-state index contributed by atoms with van der Waals surface area (Å²) in [5.41, 5.74) is 0.568. The first-order chi connectivity index (χ1) is 12.5. The van der Waals surface area contributed by atoms with Crippen LogP contribution in [0.15, 0.2) is 42.5 Å². The number of anilines is 1. The van der Waals surface area contributed by atoms with Crippen LogP contribution in [0.4, 0.5) is 5.69 Å². The Hall–Kier alpha value is -1.95. The standard InChI is InChI=1S/C19H22Cl2N2O3/c1-23(11-12-26-16-6-3-14(20)4-7-16)10-9-19(24)22-17-13-15(21)5-8-18(17)25-2/h3-8,13H,9-12H2,1-2H3,(H,22,24). The molecule has 0 unspecified atom stereocenters. The van der Waals surface area contributed by atoms with Gasteiger partial charge in [-0.2, -0.15) is 0 Å². The van der Waals surface area contributed by atoms with Crippen molar-refractivity contribution in [2.75, 3.05) is 39.2 Å². The fourth-order valence-electron chi connectivity index (χ4n) is 2.24. The number of rotatable bonds is 9. The Morgan fingerprint density at radius 1 is 1.08 bits per heavy atom. The molecule has 1 N–H and O–H groups in total. The van der Waals surface area contributed by atoms with Crippen molar-refractivity contribution in [3.05, 3.63) is 52.5 Å². The Bertz CT molecular complexity index is 723. The van der Waals surface area contributed by atoms with E-state index in [0.717, 1.165) is 5.75 Å². The van der Waals surface area contributed by atoms with E-state index in [9.17, 15) is 4.79 Å². The third kappa shape index (κ3) is 6.75. The number of hydrogen-bond acceptors (Lipinski definition) is 4. The van der Waals surface area contributed by atoms with E-state index in [2.05, 4.69) is 5.32 Å². The lowest BCUT2D eigenvalue weighted by Crippen LogP contribution is -2.28. The van der Waals surface area contributed by atoms with E-state index < -0.39 is 0 Å². The van der Waals surface area contributed by atoms with Gasteiger partial charge in [-0.3, -0.25) is 4.79 Å². The van der Waals surface area contributed by atoms with Gasteiger partial charge in [-0.15, -0.1) is 0 Å². The lowest BCUT2D eigenvalue weighted by molar-refractivity contribution is -0.116. The van der Waals surface area contributed by atoms with E-state index in [1.54, 1.807) is 37.4 Å². The maximum atomic E-state index is 12.1. The summed E-state index contributed by atoms with van der Waals surface area (Å²) in [6.45, 7) is 1.84. The van der Waals surface area contributed by atoms with Crippen LogP contribution in [-0.4, -0.2) is 44.7 Å². The molecular formula is C19H22Cl2N2O3. The van der Waals surface area contributed by atoms with Gasteiger partial charge in [-0.25, -0.2) is 0 Å². The number of nitrogens with one attached hydrogen (secondary N) is 1. The molecule has 26 heavy (non-hydrogen) atoms. The van der Waals surface area contributed by atoms with Crippen LogP contribution in [0.25, 0.3) is 0 Å². The molecule has 140 valence electrons. The second kappa shape index (κ2) is 10.3. The number of ether oxygens (including phenoxy) is 2. The molecule has 0 saturated carbocycles. The minimum Gasteiger partial charge on any atom is -0.495 e. The zero-order chi connectivity index (χ0) is 18.9. The molecular weight excluding hydrogens is 375 g/mol. The van der Waals surface area contributed by atoms with E-state index in [-0.39, 0.29) is 5.91 Å². The Kier molecular flexibility index (Phi) is 8.04. The van der Waals surface area contributed by atoms with Gasteiger partial charge in [0.05, 0.1) is 12.8 Å². The number of benzene rings is 2. The number of amides is 1. The Balaban J connectivity index is 1.71. The second-order valence-electron chi connectivity index (χ2n) is 5.75. The number of likely N-dealkylation sites (N-methyl/N-ethyl adjacent to an activating group) is 1. The lowest BCUT2D eigenvalue weighted by Gasteiger charge is -2.17. The Morgan fingerprint density at radius 3 is 2.46 bits per heavy atom. The molecule has 0 atom stereocenters. The summed E-state index contributed by atoms with van der Waals surface area (Å²) in [7, 11) is 3.49. The molecule has 2 aromatic carbocycles. The van der Waals surface area contributed by atoms with Gasteiger partial charge in [0.15, 0.2) is 0 Å². The van der Waals surface area contributed by atoms with Crippen LogP contribution in [0.5, 0.6) is 11.5 Å². The number of carbonyl (C=O) groups is 1. The first kappa shape index (κ1) is 20.4. The van der Waals surface area contributed by atoms with Gasteiger partial charge in [0.25, 0.3) is 0 Å². The van der Waals surface area contributed by atoms with Crippen LogP contribution in [0.3, 0.4) is 0 Å². The van der Waals surface area contributed by atoms with Gasteiger partial charge in [-0.1, -0.05) is 23.2 Å². The van der Waals surface area contributed by atoms with Crippen molar-refractivity contribution in [2.24, 2.45) is 0 Å². The quantitative estimate of drug-likeness (QED) is 0.684. The second-order valence-corrected chi connectivity index (χ2v) is 6.62. The Labute approximate surface area is 163 Å². The zero-order valence-electron chi connectivity index (χ0n) is 14.8. The Morgan fingerprint density at radius 2 is 1.77 bits per heavy atom. The van der Waals surface area contributed by atoms with Gasteiger partial charge >= 0.3 is 0 Å². The van der Waals surface area contributed by atoms with Gasteiger partial charge < -0.3 is 19.7 Å². The normalized spacial score (nSPS) is 10.7. The summed E-state index contributed by atoms with van der Waals surface area (Å²) in [6.07, 6.45) is 0.354. The van der Waals surface area contributed by atoms with Crippen molar-refractivity contribution in [1.29, 1.82) is 0 Å². The predicted octanol–water partition coefficient (Wildman–Crippen LogP) is 4.34. The predicted molar refractivity (Wildman–Crippen MR) is 106 cm³/mol. The topological polar surface area (TPSA) is 50.8 Å². The van der Waals surface area contributed by atoms with E-state index in [1.165, 1.54) is 0 Å². The monoisotopic (exact) mass is 396 g/mol. The minimum atomic E-state index is -0.101. The highest BCUT2D eigenvalue weighted by molar-refractivity contribution is 6.31. The summed E-state index contributed by atoms with van der Waals surface area (Å²) < 4.78 is 10.9. The average Bonchev–Trinajstić information content (AvgIpc) is 2.62. The van der Waals surface area contributed by atoms with Crippen molar-refractivity contribution in [1.82, 2.24) is 4.90 Å². The summed E-state index contributed by atoms with van der Waals surface area (Å²) in [5.74, 6) is 1.25. The number of halogens is 2. The molecule has 0 aliphatic heterocycles. The molecule has 0 bridgehead atoms. The lowest BCUT2D eigenvalue weighted by atomic mass is 10.2. The largest absolute Gasteiger partial charge is 0.495 e. The van der Waals surface area contributed by atoms with Crippen LogP contribution in [-0.2, 0) is 4.79 Å². The van der Waals surface area contributed by atoms with Gasteiger partial charge in [0.2, 0.25) is 5.91 Å². The molecule has 0 radical (unpaired) electrons. The highest BCUT2D eigenvalue weighted by atomic mass is 35.5. The van der Waals surface area contributed by atoms with Crippen LogP contribution < -0.4 is 14.8 Å². The van der Waals surface area contributed by atoms with Gasteiger partial charge in [0, 0.05) is 29.6 Å². The van der Waals surface area contributed by atoms with Crippen molar-refractivity contribution in [3.8, 4) is 11.5 Å². The zero-order valence-corrected chi connectivity index (χ0v) is 16.3. The van der Waals surface area contributed by atoms with Crippen LogP contribution >= 0.6 is 23.2 Å². The molecule has 0 spiro atoms. The molecule has 5 nitrogen and oxygen atoms in total. The molecule has 0 fully saturated rings. The maximum absolute atomic E-state index is 12.1. The molecule has 2 aromatic rings. The fraction of sp³-hybridized carbons (Fsp3) is 0.316. The summed E-state index contributed by atoms with van der Waals surface area (Å²) in [4.78, 5) is 14.2. The third-order valence-corrected chi connectivity index (χ3v) is 4.20. The molecule has 0 aromatic heterocycles. The van der Waals surface area contributed by atoms with E-state index in [1.807, 2.05) is 24.1 Å². The molecule has 0 saturated heterocycles. The summed E-state index contributed by atoms with van der Waals surface area (Å²) >= 11 is 11.8. The molecule has 0 aliphatic rings. The van der Waals surface area contributed by atoms with E-state index in [4.69, 9.17) is 32.7 Å². The minimum absolute atomic E-state index is 0.101. The summed E-state index contributed by atoms with van der Waals surface area (Å²) in [5, 5.41) is 4.04. The number of nitrogens with zero attached hydrogens (tertiary/aromatic N) is 1. The first-order valence-electron chi connectivity index (χ1n) is 8.18. The van der Waals surface area contributed by atoms with Crippen LogP contribution in [0.2, 0.25) is 10.0 Å². The first-order valence-corrected chi connectivity index (χ1v) is 8.94. The van der Waals surface area contributed by atoms with Crippen molar-refractivity contribution < 1.29 is 14.3 Å². The maximum Gasteiger partial charge on any atom is 0.225 e.